The van der Waals surface area contributed by atoms with Crippen molar-refractivity contribution in [2.45, 2.75) is 284 Å². The lowest BCUT2D eigenvalue weighted by atomic mass is 10.1. The van der Waals surface area contributed by atoms with Gasteiger partial charge in [0.25, 0.3) is 0 Å². The molecule has 0 rings (SSSR count). The lowest BCUT2D eigenvalue weighted by molar-refractivity contribution is -0.167. The molecule has 0 spiro atoms. The van der Waals surface area contributed by atoms with Crippen LogP contribution in [0.1, 0.15) is 278 Å². The molecule has 6 nitrogen and oxygen atoms in total. The van der Waals surface area contributed by atoms with Gasteiger partial charge in [-0.1, -0.05) is 239 Å². The van der Waals surface area contributed by atoms with E-state index in [1.54, 1.807) is 0 Å². The summed E-state index contributed by atoms with van der Waals surface area (Å²) in [4.78, 5) is 38.2. The Morgan fingerprint density at radius 3 is 0.890 bits per heavy atom. The van der Waals surface area contributed by atoms with Crippen LogP contribution in [0, 0.1) is 0 Å². The molecule has 73 heavy (non-hydrogen) atoms. The van der Waals surface area contributed by atoms with Crippen molar-refractivity contribution in [3.63, 3.8) is 0 Å². The van der Waals surface area contributed by atoms with Crippen LogP contribution < -0.4 is 0 Å². The van der Waals surface area contributed by atoms with Crippen LogP contribution in [0.3, 0.4) is 0 Å². The van der Waals surface area contributed by atoms with Crippen LogP contribution >= 0.6 is 0 Å². The Hall–Kier alpha value is -3.93. The van der Waals surface area contributed by atoms with Crippen molar-refractivity contribution in [1.29, 1.82) is 0 Å². The normalized spacial score (nSPS) is 12.9. The Labute approximate surface area is 450 Å². The van der Waals surface area contributed by atoms with Crippen molar-refractivity contribution in [2.75, 3.05) is 13.2 Å². The lowest BCUT2D eigenvalue weighted by Gasteiger charge is -2.18. The van der Waals surface area contributed by atoms with Crippen LogP contribution in [0.4, 0.5) is 0 Å². The molecule has 0 N–H and O–H groups in total. The standard InChI is InChI=1S/C67H112O6/c1-4-7-10-13-16-19-22-25-27-29-31-33-35-37-39-42-45-48-51-54-57-60-66(69)72-63-64(62-71-65(68)59-56-53-50-47-44-41-24-21-18-15-12-9-6-3)73-67(70)61-58-55-52-49-46-43-40-38-36-34-32-30-28-26-23-20-17-14-11-8-5-2/h7,10,16,19,21,23-27,30-33,37,39,45,48,64H,4-6,8-9,11-15,17-18,20,22,28-29,34-36,38,40-44,46-47,49-63H2,1-3H3/b10-7-,19-16-,24-21-,26-23-,27-25-,32-30-,33-31-,39-37-,48-45-. The van der Waals surface area contributed by atoms with Gasteiger partial charge in [-0.25, -0.2) is 0 Å². The van der Waals surface area contributed by atoms with E-state index in [2.05, 4.69) is 130 Å². The minimum Gasteiger partial charge on any atom is -0.462 e. The second-order valence-corrected chi connectivity index (χ2v) is 19.9. The first-order chi connectivity index (χ1) is 36.0. The molecule has 0 radical (unpaired) electrons. The molecule has 0 aromatic heterocycles. The van der Waals surface area contributed by atoms with E-state index in [0.717, 1.165) is 116 Å². The topological polar surface area (TPSA) is 78.9 Å². The molecule has 0 aliphatic heterocycles. The van der Waals surface area contributed by atoms with Crippen molar-refractivity contribution in [1.82, 2.24) is 0 Å². The summed E-state index contributed by atoms with van der Waals surface area (Å²) < 4.78 is 16.9. The highest BCUT2D eigenvalue weighted by Crippen LogP contribution is 2.15. The molecule has 0 saturated heterocycles. The van der Waals surface area contributed by atoms with Gasteiger partial charge in [-0.2, -0.15) is 0 Å². The van der Waals surface area contributed by atoms with Crippen molar-refractivity contribution < 1.29 is 28.6 Å². The molecule has 0 aliphatic carbocycles. The van der Waals surface area contributed by atoms with Gasteiger partial charge >= 0.3 is 17.9 Å². The molecule has 1 unspecified atom stereocenters. The third-order valence-electron chi connectivity index (χ3n) is 12.7. The van der Waals surface area contributed by atoms with Gasteiger partial charge < -0.3 is 14.2 Å². The first-order valence-electron chi connectivity index (χ1n) is 30.4. The van der Waals surface area contributed by atoms with Crippen LogP contribution in [0.5, 0.6) is 0 Å². The zero-order valence-corrected chi connectivity index (χ0v) is 47.6. The number of carbonyl (C=O) groups excluding carboxylic acids is 3. The molecule has 6 heteroatoms. The summed E-state index contributed by atoms with van der Waals surface area (Å²) in [5.41, 5.74) is 0. The molecule has 0 amide bonds. The van der Waals surface area contributed by atoms with E-state index in [4.69, 9.17) is 14.2 Å². The first kappa shape index (κ1) is 69.1. The van der Waals surface area contributed by atoms with E-state index in [9.17, 15) is 14.4 Å². The maximum Gasteiger partial charge on any atom is 0.306 e. The number of unbranched alkanes of at least 4 members (excludes halogenated alkanes) is 25. The Morgan fingerprint density at radius 1 is 0.288 bits per heavy atom. The monoisotopic (exact) mass is 1010 g/mol. The van der Waals surface area contributed by atoms with Gasteiger partial charge in [0.2, 0.25) is 0 Å². The third kappa shape index (κ3) is 58.8. The zero-order valence-electron chi connectivity index (χ0n) is 47.6. The third-order valence-corrected chi connectivity index (χ3v) is 12.7. The number of ether oxygens (including phenoxy) is 3. The fraction of sp³-hybridized carbons (Fsp3) is 0.687. The second-order valence-electron chi connectivity index (χ2n) is 19.9. The predicted octanol–water partition coefficient (Wildman–Crippen LogP) is 20.7. The molecule has 416 valence electrons. The number of allylic oxidation sites excluding steroid dienone is 18. The Morgan fingerprint density at radius 2 is 0.534 bits per heavy atom. The molecule has 0 fully saturated rings. The fourth-order valence-corrected chi connectivity index (χ4v) is 8.18. The van der Waals surface area contributed by atoms with E-state index in [1.165, 1.54) is 122 Å². The van der Waals surface area contributed by atoms with E-state index in [0.29, 0.717) is 19.3 Å². The van der Waals surface area contributed by atoms with Crippen molar-refractivity contribution in [2.24, 2.45) is 0 Å². The molecule has 0 aliphatic rings. The molecule has 0 bridgehead atoms. The summed E-state index contributed by atoms with van der Waals surface area (Å²) in [5.74, 6) is -0.953. The molecule has 0 aromatic carbocycles. The van der Waals surface area contributed by atoms with Crippen LogP contribution in [0.25, 0.3) is 0 Å². The number of esters is 3. The van der Waals surface area contributed by atoms with Gasteiger partial charge in [-0.3, -0.25) is 14.4 Å². The number of hydrogen-bond donors (Lipinski definition) is 0. The highest BCUT2D eigenvalue weighted by atomic mass is 16.6. The van der Waals surface area contributed by atoms with Gasteiger partial charge in [0.1, 0.15) is 13.2 Å². The zero-order chi connectivity index (χ0) is 52.9. The summed E-state index contributed by atoms with van der Waals surface area (Å²) >= 11 is 0. The summed E-state index contributed by atoms with van der Waals surface area (Å²) in [6.45, 7) is 6.46. The molecule has 0 saturated carbocycles. The van der Waals surface area contributed by atoms with E-state index in [1.807, 2.05) is 0 Å². The lowest BCUT2D eigenvalue weighted by Crippen LogP contribution is -2.30. The van der Waals surface area contributed by atoms with Gasteiger partial charge in [0, 0.05) is 19.3 Å². The number of hydrogen-bond acceptors (Lipinski definition) is 6. The Balaban J connectivity index is 4.46. The minimum atomic E-state index is -0.804. The van der Waals surface area contributed by atoms with Crippen LogP contribution in [0.15, 0.2) is 109 Å². The van der Waals surface area contributed by atoms with Gasteiger partial charge in [-0.15, -0.1) is 0 Å². The average molecular weight is 1010 g/mol. The molecular formula is C67H112O6. The summed E-state index contributed by atoms with van der Waals surface area (Å²) in [7, 11) is 0. The quantitative estimate of drug-likeness (QED) is 0.0261. The summed E-state index contributed by atoms with van der Waals surface area (Å²) in [6, 6.07) is 0. The Kier molecular flexibility index (Phi) is 57.4. The van der Waals surface area contributed by atoms with Crippen molar-refractivity contribution >= 4 is 17.9 Å². The van der Waals surface area contributed by atoms with Gasteiger partial charge in [0.05, 0.1) is 0 Å². The van der Waals surface area contributed by atoms with Crippen molar-refractivity contribution in [3.8, 4) is 0 Å². The second kappa shape index (κ2) is 60.6. The predicted molar refractivity (Wildman–Crippen MR) is 316 cm³/mol. The molecule has 0 aromatic rings. The van der Waals surface area contributed by atoms with E-state index in [-0.39, 0.29) is 31.1 Å². The van der Waals surface area contributed by atoms with E-state index >= 15 is 0 Å². The smallest absolute Gasteiger partial charge is 0.306 e. The summed E-state index contributed by atoms with van der Waals surface area (Å²) in [5, 5.41) is 0. The molecule has 0 heterocycles. The van der Waals surface area contributed by atoms with Crippen molar-refractivity contribution in [3.05, 3.63) is 109 Å². The maximum absolute atomic E-state index is 12.9. The minimum absolute atomic E-state index is 0.0990. The number of carbonyl (C=O) groups is 3. The largest absolute Gasteiger partial charge is 0.462 e. The van der Waals surface area contributed by atoms with Crippen LogP contribution in [-0.4, -0.2) is 37.2 Å². The fourth-order valence-electron chi connectivity index (χ4n) is 8.18. The molecular weight excluding hydrogens is 901 g/mol. The average Bonchev–Trinajstić information content (AvgIpc) is 3.39. The Bertz CT molecular complexity index is 1490. The number of rotatable bonds is 54. The summed E-state index contributed by atoms with van der Waals surface area (Å²) in [6.07, 6.45) is 82.3. The van der Waals surface area contributed by atoms with Crippen LogP contribution in [0.2, 0.25) is 0 Å². The van der Waals surface area contributed by atoms with Crippen LogP contribution in [-0.2, 0) is 28.6 Å². The SMILES string of the molecule is CC/C=C\C/C=C\C/C=C\C/C=C\C/C=C\C/C=C\CCCCC(=O)OCC(COC(=O)CCCCCCC/C=C\CCCCCC)OC(=O)CCCCCCCCCCC/C=C\C/C=C\CCCCCCC. The highest BCUT2D eigenvalue weighted by Gasteiger charge is 2.19. The van der Waals surface area contributed by atoms with Gasteiger partial charge in [0.15, 0.2) is 6.10 Å². The highest BCUT2D eigenvalue weighted by molar-refractivity contribution is 5.71. The van der Waals surface area contributed by atoms with E-state index < -0.39 is 6.10 Å². The maximum atomic E-state index is 12.9. The molecule has 1 atom stereocenters. The van der Waals surface area contributed by atoms with Gasteiger partial charge in [-0.05, 0) is 128 Å². The first-order valence-corrected chi connectivity index (χ1v) is 30.4.